The van der Waals surface area contributed by atoms with Crippen LogP contribution in [-0.4, -0.2) is 34.8 Å². The average Bonchev–Trinajstić information content (AvgIpc) is 3.52. The zero-order valence-corrected chi connectivity index (χ0v) is 16.5. The number of nitrogens with zero attached hydrogens (tertiary/aromatic N) is 3. The zero-order valence-electron chi connectivity index (χ0n) is 16.5. The first-order chi connectivity index (χ1) is 14.0. The van der Waals surface area contributed by atoms with E-state index in [4.69, 9.17) is 4.74 Å². The summed E-state index contributed by atoms with van der Waals surface area (Å²) in [5.41, 5.74) is 2.75. The molecule has 0 aliphatic heterocycles. The average molecular weight is 389 g/mol. The standard InChI is InChI=1S/C23H23N3O3/c1-16(22(27)25(2)18-9-5-3-6-10-18)29-23(28)21-15-20(17-13-14-17)24-26(21)19-11-7-4-8-12-19/h3-12,15-17H,13-14H2,1-2H3. The summed E-state index contributed by atoms with van der Waals surface area (Å²) in [6.45, 7) is 1.59. The molecule has 6 heteroatoms. The summed E-state index contributed by atoms with van der Waals surface area (Å²) in [4.78, 5) is 27.1. The number of amides is 1. The molecule has 4 rings (SSSR count). The molecule has 1 fully saturated rings. The Morgan fingerprint density at radius 3 is 2.31 bits per heavy atom. The summed E-state index contributed by atoms with van der Waals surface area (Å²) in [5.74, 6) is -0.455. The van der Waals surface area contributed by atoms with Crippen LogP contribution in [0.15, 0.2) is 66.7 Å². The van der Waals surface area contributed by atoms with Crippen molar-refractivity contribution in [3.8, 4) is 5.69 Å². The SMILES string of the molecule is CC(OC(=O)c1cc(C2CC2)nn1-c1ccccc1)C(=O)N(C)c1ccccc1. The Kier molecular flexibility index (Phi) is 5.16. The lowest BCUT2D eigenvalue weighted by atomic mass is 10.2. The Labute approximate surface area is 169 Å². The van der Waals surface area contributed by atoms with E-state index >= 15 is 0 Å². The second-order valence-electron chi connectivity index (χ2n) is 7.26. The van der Waals surface area contributed by atoms with Crippen LogP contribution in [0.25, 0.3) is 5.69 Å². The number of hydrogen-bond donors (Lipinski definition) is 0. The van der Waals surface area contributed by atoms with Crippen LogP contribution in [0.5, 0.6) is 0 Å². The number of rotatable bonds is 6. The number of para-hydroxylation sites is 2. The summed E-state index contributed by atoms with van der Waals surface area (Å²) in [6, 6.07) is 20.5. The van der Waals surface area contributed by atoms with E-state index in [-0.39, 0.29) is 5.91 Å². The monoisotopic (exact) mass is 389 g/mol. The van der Waals surface area contributed by atoms with E-state index in [1.54, 1.807) is 24.7 Å². The van der Waals surface area contributed by atoms with Crippen molar-refractivity contribution in [1.82, 2.24) is 9.78 Å². The molecule has 148 valence electrons. The summed E-state index contributed by atoms with van der Waals surface area (Å²) in [5, 5.41) is 4.62. The number of hydrogen-bond acceptors (Lipinski definition) is 4. The molecule has 1 unspecified atom stereocenters. The Balaban J connectivity index is 1.54. The van der Waals surface area contributed by atoms with Gasteiger partial charge in [-0.25, -0.2) is 9.48 Å². The molecule has 1 atom stereocenters. The quantitative estimate of drug-likeness (QED) is 0.599. The van der Waals surface area contributed by atoms with Gasteiger partial charge in [0.05, 0.1) is 11.4 Å². The topological polar surface area (TPSA) is 64.4 Å². The predicted molar refractivity (Wildman–Crippen MR) is 110 cm³/mol. The Morgan fingerprint density at radius 1 is 1.07 bits per heavy atom. The fourth-order valence-corrected chi connectivity index (χ4v) is 3.21. The van der Waals surface area contributed by atoms with Gasteiger partial charge in [0.15, 0.2) is 11.8 Å². The second kappa shape index (κ2) is 7.91. The third kappa shape index (κ3) is 4.06. The predicted octanol–water partition coefficient (Wildman–Crippen LogP) is 3.96. The first-order valence-electron chi connectivity index (χ1n) is 9.73. The summed E-state index contributed by atoms with van der Waals surface area (Å²) in [7, 11) is 1.67. The number of benzene rings is 2. The maximum Gasteiger partial charge on any atom is 0.357 e. The minimum Gasteiger partial charge on any atom is -0.448 e. The Hall–Kier alpha value is -3.41. The van der Waals surface area contributed by atoms with Crippen LogP contribution < -0.4 is 4.90 Å². The van der Waals surface area contributed by atoms with Crippen molar-refractivity contribution >= 4 is 17.6 Å². The summed E-state index contributed by atoms with van der Waals surface area (Å²) >= 11 is 0. The number of esters is 1. The lowest BCUT2D eigenvalue weighted by Crippen LogP contribution is -2.37. The van der Waals surface area contributed by atoms with Crippen molar-refractivity contribution < 1.29 is 14.3 Å². The summed E-state index contributed by atoms with van der Waals surface area (Å²) < 4.78 is 7.13. The van der Waals surface area contributed by atoms with Gasteiger partial charge in [0.1, 0.15) is 0 Å². The van der Waals surface area contributed by atoms with Crippen LogP contribution in [0.2, 0.25) is 0 Å². The third-order valence-corrected chi connectivity index (χ3v) is 5.04. The van der Waals surface area contributed by atoms with Crippen molar-refractivity contribution in [2.75, 3.05) is 11.9 Å². The largest absolute Gasteiger partial charge is 0.448 e. The highest BCUT2D eigenvalue weighted by atomic mass is 16.5. The highest BCUT2D eigenvalue weighted by molar-refractivity contribution is 5.98. The molecule has 0 saturated heterocycles. The van der Waals surface area contributed by atoms with Crippen molar-refractivity contribution in [3.63, 3.8) is 0 Å². The van der Waals surface area contributed by atoms with Crippen molar-refractivity contribution in [2.45, 2.75) is 31.8 Å². The van der Waals surface area contributed by atoms with E-state index in [1.165, 1.54) is 4.90 Å². The van der Waals surface area contributed by atoms with Gasteiger partial charge in [-0.15, -0.1) is 0 Å². The maximum atomic E-state index is 12.9. The van der Waals surface area contributed by atoms with Gasteiger partial charge in [0, 0.05) is 18.7 Å². The minimum atomic E-state index is -0.920. The molecule has 1 aliphatic rings. The van der Waals surface area contributed by atoms with Crippen molar-refractivity contribution in [3.05, 3.63) is 78.1 Å². The number of anilines is 1. The molecule has 29 heavy (non-hydrogen) atoms. The fraction of sp³-hybridized carbons (Fsp3) is 0.261. The Bertz CT molecular complexity index is 1010. The van der Waals surface area contributed by atoms with Crippen LogP contribution in [0.3, 0.4) is 0 Å². The highest BCUT2D eigenvalue weighted by Crippen LogP contribution is 2.39. The smallest absolute Gasteiger partial charge is 0.357 e. The number of likely N-dealkylation sites (N-methyl/N-ethyl adjacent to an activating group) is 1. The molecule has 1 saturated carbocycles. The molecule has 1 heterocycles. The fourth-order valence-electron chi connectivity index (χ4n) is 3.21. The van der Waals surface area contributed by atoms with E-state index in [9.17, 15) is 9.59 Å². The first kappa shape index (κ1) is 18.9. The number of carbonyl (C=O) groups is 2. The van der Waals surface area contributed by atoms with E-state index in [0.717, 1.165) is 29.9 Å². The van der Waals surface area contributed by atoms with Gasteiger partial charge in [-0.05, 0) is 50.1 Å². The van der Waals surface area contributed by atoms with Crippen LogP contribution in [0.1, 0.15) is 41.9 Å². The molecule has 0 spiro atoms. The molecule has 3 aromatic rings. The molecule has 0 bridgehead atoms. The van der Waals surface area contributed by atoms with Gasteiger partial charge >= 0.3 is 5.97 Å². The van der Waals surface area contributed by atoms with Gasteiger partial charge in [-0.2, -0.15) is 5.10 Å². The van der Waals surface area contributed by atoms with Crippen LogP contribution in [0.4, 0.5) is 5.69 Å². The highest BCUT2D eigenvalue weighted by Gasteiger charge is 2.31. The molecular formula is C23H23N3O3. The van der Waals surface area contributed by atoms with Crippen LogP contribution >= 0.6 is 0 Å². The lowest BCUT2D eigenvalue weighted by molar-refractivity contribution is -0.126. The molecule has 0 N–H and O–H groups in total. The van der Waals surface area contributed by atoms with E-state index in [1.807, 2.05) is 60.7 Å². The van der Waals surface area contributed by atoms with Crippen molar-refractivity contribution in [2.24, 2.45) is 0 Å². The molecular weight excluding hydrogens is 366 g/mol. The van der Waals surface area contributed by atoms with E-state index in [0.29, 0.717) is 11.6 Å². The Morgan fingerprint density at radius 2 is 1.69 bits per heavy atom. The zero-order chi connectivity index (χ0) is 20.4. The first-order valence-corrected chi connectivity index (χ1v) is 9.73. The van der Waals surface area contributed by atoms with Gasteiger partial charge < -0.3 is 9.64 Å². The lowest BCUT2D eigenvalue weighted by Gasteiger charge is -2.21. The second-order valence-corrected chi connectivity index (χ2v) is 7.26. The molecule has 2 aromatic carbocycles. The maximum absolute atomic E-state index is 12.9. The van der Waals surface area contributed by atoms with Gasteiger partial charge in [0.2, 0.25) is 0 Å². The normalized spacial score (nSPS) is 14.3. The van der Waals surface area contributed by atoms with Gasteiger partial charge in [0.25, 0.3) is 5.91 Å². The third-order valence-electron chi connectivity index (χ3n) is 5.04. The van der Waals surface area contributed by atoms with Gasteiger partial charge in [-0.1, -0.05) is 36.4 Å². The van der Waals surface area contributed by atoms with Crippen LogP contribution in [0, 0.1) is 0 Å². The molecule has 1 amide bonds. The number of ether oxygens (including phenoxy) is 1. The van der Waals surface area contributed by atoms with Crippen molar-refractivity contribution in [1.29, 1.82) is 0 Å². The van der Waals surface area contributed by atoms with Gasteiger partial charge in [-0.3, -0.25) is 4.79 Å². The molecule has 6 nitrogen and oxygen atoms in total. The number of carbonyl (C=O) groups excluding carboxylic acids is 2. The molecule has 1 aromatic heterocycles. The summed E-state index contributed by atoms with van der Waals surface area (Å²) in [6.07, 6.45) is 1.24. The minimum absolute atomic E-state index is 0.294. The molecule has 0 radical (unpaired) electrons. The number of aromatic nitrogens is 2. The van der Waals surface area contributed by atoms with E-state index in [2.05, 4.69) is 5.10 Å². The van der Waals surface area contributed by atoms with Crippen LogP contribution in [-0.2, 0) is 9.53 Å². The molecule has 1 aliphatic carbocycles. The van der Waals surface area contributed by atoms with E-state index < -0.39 is 12.1 Å².